The van der Waals surface area contributed by atoms with Crippen LogP contribution in [0.3, 0.4) is 0 Å². The Morgan fingerprint density at radius 2 is 2.00 bits per heavy atom. The molecule has 3 nitrogen and oxygen atoms in total. The average molecular weight is 231 g/mol. The Bertz CT molecular complexity index is 540. The van der Waals surface area contributed by atoms with Crippen LogP contribution in [-0.4, -0.2) is 16.1 Å². The van der Waals surface area contributed by atoms with E-state index in [0.29, 0.717) is 11.1 Å². The maximum absolute atomic E-state index is 13.7. The van der Waals surface area contributed by atoms with Crippen molar-refractivity contribution < 1.29 is 14.3 Å². The van der Waals surface area contributed by atoms with Crippen molar-refractivity contribution >= 4 is 5.97 Å². The van der Waals surface area contributed by atoms with Gasteiger partial charge in [-0.25, -0.2) is 4.39 Å². The summed E-state index contributed by atoms with van der Waals surface area (Å²) in [7, 11) is 0. The molecule has 0 fully saturated rings. The van der Waals surface area contributed by atoms with Crippen LogP contribution in [0.1, 0.15) is 5.56 Å². The van der Waals surface area contributed by atoms with Gasteiger partial charge in [-0.05, 0) is 11.6 Å². The molecular weight excluding hydrogens is 221 g/mol. The molecule has 1 aromatic heterocycles. The third-order valence-electron chi connectivity index (χ3n) is 2.30. The van der Waals surface area contributed by atoms with Gasteiger partial charge in [-0.15, -0.1) is 0 Å². The maximum Gasteiger partial charge on any atom is 0.307 e. The molecule has 0 aliphatic heterocycles. The van der Waals surface area contributed by atoms with Crippen LogP contribution >= 0.6 is 0 Å². The van der Waals surface area contributed by atoms with Gasteiger partial charge in [0.1, 0.15) is 11.5 Å². The number of nitrogens with zero attached hydrogens (tertiary/aromatic N) is 1. The molecule has 2 rings (SSSR count). The van der Waals surface area contributed by atoms with Gasteiger partial charge in [0.2, 0.25) is 0 Å². The number of carboxylic acids is 1. The van der Waals surface area contributed by atoms with E-state index in [0.717, 1.165) is 0 Å². The number of halogens is 1. The van der Waals surface area contributed by atoms with Gasteiger partial charge in [0.25, 0.3) is 0 Å². The lowest BCUT2D eigenvalue weighted by Gasteiger charge is -2.04. The maximum atomic E-state index is 13.7. The molecule has 0 radical (unpaired) electrons. The Hall–Kier alpha value is -2.23. The highest BCUT2D eigenvalue weighted by Crippen LogP contribution is 2.20. The van der Waals surface area contributed by atoms with E-state index in [-0.39, 0.29) is 12.1 Å². The van der Waals surface area contributed by atoms with E-state index in [1.54, 1.807) is 24.3 Å². The van der Waals surface area contributed by atoms with E-state index in [1.807, 2.05) is 6.07 Å². The number of carbonyl (C=O) groups is 1. The number of aliphatic carboxylic acids is 1. The Morgan fingerprint density at radius 1 is 1.29 bits per heavy atom. The number of carboxylic acid groups (broad SMARTS) is 1. The highest BCUT2D eigenvalue weighted by atomic mass is 19.1. The molecule has 0 saturated heterocycles. The molecule has 1 N–H and O–H groups in total. The minimum Gasteiger partial charge on any atom is -0.481 e. The molecule has 0 saturated carbocycles. The summed E-state index contributed by atoms with van der Waals surface area (Å²) >= 11 is 0. The highest BCUT2D eigenvalue weighted by Gasteiger charge is 2.09. The summed E-state index contributed by atoms with van der Waals surface area (Å²) in [5.41, 5.74) is 1.27. The number of hydrogen-bond donors (Lipinski definition) is 1. The van der Waals surface area contributed by atoms with E-state index < -0.39 is 11.8 Å². The van der Waals surface area contributed by atoms with Gasteiger partial charge in [0, 0.05) is 11.8 Å². The summed E-state index contributed by atoms with van der Waals surface area (Å²) in [6.07, 6.45) is 1.17. The van der Waals surface area contributed by atoms with Crippen LogP contribution in [0.25, 0.3) is 11.3 Å². The van der Waals surface area contributed by atoms with Crippen LogP contribution in [-0.2, 0) is 11.2 Å². The number of hydrogen-bond acceptors (Lipinski definition) is 2. The normalized spacial score (nSPS) is 10.2. The van der Waals surface area contributed by atoms with Crippen molar-refractivity contribution in [2.75, 3.05) is 0 Å². The molecule has 0 amide bonds. The van der Waals surface area contributed by atoms with Gasteiger partial charge < -0.3 is 5.11 Å². The second-order valence-corrected chi connectivity index (χ2v) is 3.61. The molecule has 4 heteroatoms. The highest BCUT2D eigenvalue weighted by molar-refractivity contribution is 5.70. The van der Waals surface area contributed by atoms with Crippen LogP contribution in [0.15, 0.2) is 42.6 Å². The topological polar surface area (TPSA) is 50.2 Å². The third-order valence-corrected chi connectivity index (χ3v) is 2.30. The summed E-state index contributed by atoms with van der Waals surface area (Å²) in [4.78, 5) is 14.4. The Balaban J connectivity index is 2.35. The van der Waals surface area contributed by atoms with Gasteiger partial charge >= 0.3 is 5.97 Å². The molecule has 1 aromatic carbocycles. The van der Waals surface area contributed by atoms with Crippen molar-refractivity contribution in [1.82, 2.24) is 4.98 Å². The molecule has 0 aliphatic carbocycles. The van der Waals surface area contributed by atoms with Gasteiger partial charge in [0.05, 0.1) is 6.42 Å². The first-order valence-electron chi connectivity index (χ1n) is 5.08. The van der Waals surface area contributed by atoms with E-state index in [2.05, 4.69) is 4.98 Å². The molecule has 2 aromatic rings. The van der Waals surface area contributed by atoms with Crippen molar-refractivity contribution in [2.45, 2.75) is 6.42 Å². The number of aromatic nitrogens is 1. The van der Waals surface area contributed by atoms with E-state index >= 15 is 0 Å². The zero-order valence-corrected chi connectivity index (χ0v) is 8.93. The largest absolute Gasteiger partial charge is 0.481 e. The first-order chi connectivity index (χ1) is 8.16. The Labute approximate surface area is 97.6 Å². The predicted octanol–water partition coefficient (Wildman–Crippen LogP) is 2.51. The van der Waals surface area contributed by atoms with Crippen molar-refractivity contribution in [3.63, 3.8) is 0 Å². The van der Waals surface area contributed by atoms with Gasteiger partial charge in [0.15, 0.2) is 0 Å². The molecule has 0 bridgehead atoms. The summed E-state index contributed by atoms with van der Waals surface area (Å²) in [5, 5.41) is 8.59. The molecule has 1 heterocycles. The van der Waals surface area contributed by atoms with Crippen LogP contribution < -0.4 is 0 Å². The number of pyridine rings is 1. The third kappa shape index (κ3) is 2.66. The fourth-order valence-corrected chi connectivity index (χ4v) is 1.56. The lowest BCUT2D eigenvalue weighted by molar-refractivity contribution is -0.136. The SMILES string of the molecule is O=C(O)Cc1cnc(-c2ccccc2)c(F)c1. The molecule has 0 unspecified atom stereocenters. The van der Waals surface area contributed by atoms with Gasteiger partial charge in [-0.1, -0.05) is 30.3 Å². The zero-order valence-electron chi connectivity index (χ0n) is 8.93. The lowest BCUT2D eigenvalue weighted by atomic mass is 10.1. The fraction of sp³-hybridized carbons (Fsp3) is 0.0769. The fourth-order valence-electron chi connectivity index (χ4n) is 1.56. The molecule has 0 atom stereocenters. The molecule has 0 spiro atoms. The van der Waals surface area contributed by atoms with Crippen LogP contribution in [0.4, 0.5) is 4.39 Å². The monoisotopic (exact) mass is 231 g/mol. The average Bonchev–Trinajstić information content (AvgIpc) is 2.29. The first kappa shape index (κ1) is 11.3. The summed E-state index contributed by atoms with van der Waals surface area (Å²) in [6, 6.07) is 10.1. The van der Waals surface area contributed by atoms with Crippen molar-refractivity contribution in [3.8, 4) is 11.3 Å². The van der Waals surface area contributed by atoms with E-state index in [1.165, 1.54) is 12.3 Å². The Morgan fingerprint density at radius 3 is 2.59 bits per heavy atom. The number of rotatable bonds is 3. The van der Waals surface area contributed by atoms with E-state index in [9.17, 15) is 9.18 Å². The zero-order chi connectivity index (χ0) is 12.3. The van der Waals surface area contributed by atoms with Gasteiger partial charge in [-0.2, -0.15) is 0 Å². The van der Waals surface area contributed by atoms with E-state index in [4.69, 9.17) is 5.11 Å². The molecule has 17 heavy (non-hydrogen) atoms. The van der Waals surface area contributed by atoms with Crippen molar-refractivity contribution in [3.05, 3.63) is 54.0 Å². The van der Waals surface area contributed by atoms with Crippen molar-refractivity contribution in [2.24, 2.45) is 0 Å². The standard InChI is InChI=1S/C13H10FNO2/c14-11-6-9(7-12(16)17)8-15-13(11)10-4-2-1-3-5-10/h1-6,8H,7H2,(H,16,17). The smallest absolute Gasteiger partial charge is 0.307 e. The second kappa shape index (κ2) is 4.74. The lowest BCUT2D eigenvalue weighted by Crippen LogP contribution is -2.02. The predicted molar refractivity (Wildman–Crippen MR) is 61.0 cm³/mol. The summed E-state index contributed by atoms with van der Waals surface area (Å²) < 4.78 is 13.7. The molecular formula is C13H10FNO2. The second-order valence-electron chi connectivity index (χ2n) is 3.61. The van der Waals surface area contributed by atoms with Gasteiger partial charge in [-0.3, -0.25) is 9.78 Å². The Kier molecular flexibility index (Phi) is 3.14. The number of benzene rings is 1. The minimum absolute atomic E-state index is 0.223. The first-order valence-corrected chi connectivity index (χ1v) is 5.08. The van der Waals surface area contributed by atoms with Crippen LogP contribution in [0.5, 0.6) is 0 Å². The van der Waals surface area contributed by atoms with Crippen molar-refractivity contribution in [1.29, 1.82) is 0 Å². The van der Waals surface area contributed by atoms with Crippen LogP contribution in [0, 0.1) is 5.82 Å². The summed E-state index contributed by atoms with van der Waals surface area (Å²) in [5.74, 6) is -1.51. The minimum atomic E-state index is -1.00. The molecule has 86 valence electrons. The quantitative estimate of drug-likeness (QED) is 0.883. The summed E-state index contributed by atoms with van der Waals surface area (Å²) in [6.45, 7) is 0. The molecule has 0 aliphatic rings. The van der Waals surface area contributed by atoms with Crippen LogP contribution in [0.2, 0.25) is 0 Å².